The number of amides is 1. The van der Waals surface area contributed by atoms with E-state index in [0.717, 1.165) is 24.3 Å². The molecule has 0 bridgehead atoms. The van der Waals surface area contributed by atoms with Gasteiger partial charge in [-0.2, -0.15) is 0 Å². The monoisotopic (exact) mass is 442 g/mol. The number of piperazine rings is 1. The predicted octanol–water partition coefficient (Wildman–Crippen LogP) is 3.76. The number of anilines is 1. The molecule has 2 aliphatic rings. The lowest BCUT2D eigenvalue weighted by atomic mass is 9.96. The second-order valence-electron chi connectivity index (χ2n) is 8.62. The summed E-state index contributed by atoms with van der Waals surface area (Å²) in [6.45, 7) is 10.5. The number of rotatable bonds is 6. The van der Waals surface area contributed by atoms with E-state index in [0.29, 0.717) is 37.3 Å². The zero-order valence-corrected chi connectivity index (χ0v) is 19.2. The van der Waals surface area contributed by atoms with Gasteiger partial charge in [0, 0.05) is 61.2 Å². The van der Waals surface area contributed by atoms with Crippen LogP contribution in [0.15, 0.2) is 36.5 Å². The molecule has 2 atom stereocenters. The summed E-state index contributed by atoms with van der Waals surface area (Å²) in [4.78, 5) is 22.3. The van der Waals surface area contributed by atoms with E-state index >= 15 is 0 Å². The number of nitrogens with zero attached hydrogens (tertiary/aromatic N) is 3. The molecule has 4 rings (SSSR count). The van der Waals surface area contributed by atoms with Gasteiger partial charge in [-0.25, -0.2) is 0 Å². The molecule has 1 aromatic carbocycles. The molecule has 0 spiro atoms. The van der Waals surface area contributed by atoms with E-state index in [-0.39, 0.29) is 17.9 Å². The van der Waals surface area contributed by atoms with Crippen molar-refractivity contribution >= 4 is 23.2 Å². The average Bonchev–Trinajstić information content (AvgIpc) is 3.16. The maximum Gasteiger partial charge on any atom is 0.231 e. The molecule has 166 valence electrons. The van der Waals surface area contributed by atoms with Crippen LogP contribution < -0.4 is 10.2 Å². The molecule has 7 heteroatoms. The van der Waals surface area contributed by atoms with E-state index in [2.05, 4.69) is 42.0 Å². The van der Waals surface area contributed by atoms with Crippen molar-refractivity contribution in [1.82, 2.24) is 15.2 Å². The Balaban J connectivity index is 1.46. The molecule has 0 radical (unpaired) electrons. The summed E-state index contributed by atoms with van der Waals surface area (Å²) < 4.78 is 5.78. The Kier molecular flexibility index (Phi) is 6.80. The van der Waals surface area contributed by atoms with Gasteiger partial charge in [-0.15, -0.1) is 0 Å². The van der Waals surface area contributed by atoms with Crippen LogP contribution in [0.1, 0.15) is 49.6 Å². The van der Waals surface area contributed by atoms with E-state index in [1.54, 1.807) is 0 Å². The number of ether oxygens (including phenoxy) is 1. The lowest BCUT2D eigenvalue weighted by molar-refractivity contribution is -0.133. The summed E-state index contributed by atoms with van der Waals surface area (Å²) in [6.07, 6.45) is 1.93. The first kappa shape index (κ1) is 22.1. The summed E-state index contributed by atoms with van der Waals surface area (Å²) >= 11 is 6.07. The molecular formula is C24H31ClN4O2. The van der Waals surface area contributed by atoms with Gasteiger partial charge in [0.15, 0.2) is 0 Å². The van der Waals surface area contributed by atoms with Crippen molar-refractivity contribution in [1.29, 1.82) is 0 Å². The van der Waals surface area contributed by atoms with Gasteiger partial charge in [-0.05, 0) is 30.7 Å². The summed E-state index contributed by atoms with van der Waals surface area (Å²) in [6, 6.07) is 10.0. The van der Waals surface area contributed by atoms with Crippen molar-refractivity contribution in [2.45, 2.75) is 45.4 Å². The number of pyridine rings is 1. The topological polar surface area (TPSA) is 57.7 Å². The Hall–Kier alpha value is -2.15. The van der Waals surface area contributed by atoms with Crippen LogP contribution in [0.25, 0.3) is 0 Å². The van der Waals surface area contributed by atoms with Crippen molar-refractivity contribution in [3.63, 3.8) is 0 Å². The SMILES string of the molecule is CC(C)NC[C@H](C(=O)N1CCN(c2ccnc3c2[C@H](C)OC3)CC1)c1ccc(Cl)cc1. The quantitative estimate of drug-likeness (QED) is 0.738. The van der Waals surface area contributed by atoms with Gasteiger partial charge in [0.25, 0.3) is 0 Å². The van der Waals surface area contributed by atoms with Crippen LogP contribution in [-0.2, 0) is 16.1 Å². The Morgan fingerprint density at radius 2 is 1.90 bits per heavy atom. The highest BCUT2D eigenvalue weighted by Gasteiger charge is 2.31. The van der Waals surface area contributed by atoms with Gasteiger partial charge < -0.3 is 19.9 Å². The van der Waals surface area contributed by atoms with Gasteiger partial charge in [-0.3, -0.25) is 9.78 Å². The van der Waals surface area contributed by atoms with Gasteiger partial charge in [0.1, 0.15) is 0 Å². The van der Waals surface area contributed by atoms with E-state index in [9.17, 15) is 4.79 Å². The lowest BCUT2D eigenvalue weighted by Gasteiger charge is -2.38. The molecule has 3 heterocycles. The zero-order chi connectivity index (χ0) is 22.0. The Bertz CT molecular complexity index is 910. The maximum atomic E-state index is 13.5. The van der Waals surface area contributed by atoms with Crippen molar-refractivity contribution in [3.05, 3.63) is 58.4 Å². The van der Waals surface area contributed by atoms with Crippen LogP contribution in [0.2, 0.25) is 5.02 Å². The van der Waals surface area contributed by atoms with Crippen molar-refractivity contribution < 1.29 is 9.53 Å². The number of benzene rings is 1. The van der Waals surface area contributed by atoms with E-state index in [4.69, 9.17) is 16.3 Å². The molecule has 6 nitrogen and oxygen atoms in total. The zero-order valence-electron chi connectivity index (χ0n) is 18.5. The summed E-state index contributed by atoms with van der Waals surface area (Å²) in [5, 5.41) is 4.12. The van der Waals surface area contributed by atoms with E-state index in [1.165, 1.54) is 11.3 Å². The second kappa shape index (κ2) is 9.55. The van der Waals surface area contributed by atoms with Crippen molar-refractivity contribution in [2.75, 3.05) is 37.6 Å². The highest BCUT2D eigenvalue weighted by atomic mass is 35.5. The van der Waals surface area contributed by atoms with Crippen LogP contribution >= 0.6 is 11.6 Å². The third-order valence-corrected chi connectivity index (χ3v) is 6.41. The summed E-state index contributed by atoms with van der Waals surface area (Å²) in [5.74, 6) is -0.0448. The van der Waals surface area contributed by atoms with Crippen LogP contribution in [0.4, 0.5) is 5.69 Å². The number of nitrogens with one attached hydrogen (secondary N) is 1. The van der Waals surface area contributed by atoms with Gasteiger partial charge in [0.2, 0.25) is 5.91 Å². The Morgan fingerprint density at radius 1 is 1.19 bits per heavy atom. The highest BCUT2D eigenvalue weighted by molar-refractivity contribution is 6.30. The largest absolute Gasteiger partial charge is 0.368 e. The highest BCUT2D eigenvalue weighted by Crippen LogP contribution is 2.36. The molecule has 1 fully saturated rings. The fraction of sp³-hybridized carbons (Fsp3) is 0.500. The minimum absolute atomic E-state index is 0.0646. The van der Waals surface area contributed by atoms with Gasteiger partial charge >= 0.3 is 0 Å². The minimum atomic E-state index is -0.218. The van der Waals surface area contributed by atoms with Crippen LogP contribution in [0.5, 0.6) is 0 Å². The van der Waals surface area contributed by atoms with Crippen molar-refractivity contribution in [3.8, 4) is 0 Å². The van der Waals surface area contributed by atoms with Crippen LogP contribution in [0, 0.1) is 0 Å². The third kappa shape index (κ3) is 4.86. The van der Waals surface area contributed by atoms with Gasteiger partial charge in [-0.1, -0.05) is 37.6 Å². The van der Waals surface area contributed by atoms with Gasteiger partial charge in [0.05, 0.1) is 24.3 Å². The lowest BCUT2D eigenvalue weighted by Crippen LogP contribution is -2.51. The fourth-order valence-corrected chi connectivity index (χ4v) is 4.54. The van der Waals surface area contributed by atoms with Crippen LogP contribution in [-0.4, -0.2) is 54.6 Å². The molecule has 1 amide bonds. The molecule has 1 saturated heterocycles. The normalized spacial score (nSPS) is 19.6. The predicted molar refractivity (Wildman–Crippen MR) is 124 cm³/mol. The smallest absolute Gasteiger partial charge is 0.231 e. The Labute approximate surface area is 189 Å². The molecule has 0 aliphatic carbocycles. The number of carbonyl (C=O) groups is 1. The number of fused-ring (bicyclic) bond motifs is 1. The molecule has 0 unspecified atom stereocenters. The molecule has 2 aromatic rings. The Morgan fingerprint density at radius 3 is 2.58 bits per heavy atom. The summed E-state index contributed by atoms with van der Waals surface area (Å²) in [7, 11) is 0. The second-order valence-corrected chi connectivity index (χ2v) is 9.06. The third-order valence-electron chi connectivity index (χ3n) is 6.16. The first-order valence-electron chi connectivity index (χ1n) is 11.1. The first-order valence-corrected chi connectivity index (χ1v) is 11.4. The van der Waals surface area contributed by atoms with Crippen LogP contribution in [0.3, 0.4) is 0 Å². The molecular weight excluding hydrogens is 412 g/mol. The van der Waals surface area contributed by atoms with E-state index < -0.39 is 0 Å². The average molecular weight is 443 g/mol. The molecule has 31 heavy (non-hydrogen) atoms. The molecule has 1 N–H and O–H groups in total. The molecule has 1 aromatic heterocycles. The number of halogens is 1. The maximum absolute atomic E-state index is 13.5. The number of hydrogen-bond acceptors (Lipinski definition) is 5. The molecule has 2 aliphatic heterocycles. The van der Waals surface area contributed by atoms with E-state index in [1.807, 2.05) is 35.4 Å². The molecule has 0 saturated carbocycles. The fourth-order valence-electron chi connectivity index (χ4n) is 4.41. The number of carbonyl (C=O) groups excluding carboxylic acids is 1. The number of aromatic nitrogens is 1. The van der Waals surface area contributed by atoms with Crippen molar-refractivity contribution in [2.24, 2.45) is 0 Å². The summed E-state index contributed by atoms with van der Waals surface area (Å²) in [5.41, 5.74) is 4.43. The number of hydrogen-bond donors (Lipinski definition) is 1. The first-order chi connectivity index (χ1) is 14.9. The standard InChI is InChI=1S/C24H31ClN4O2/c1-16(2)27-14-20(18-4-6-19(25)7-5-18)24(30)29-12-10-28(11-13-29)22-8-9-26-21-15-31-17(3)23(21)22/h4-9,16-17,20,27H,10-15H2,1-3H3/t17-,20-/m0/s1. The minimum Gasteiger partial charge on any atom is -0.368 e.